The van der Waals surface area contributed by atoms with E-state index in [9.17, 15) is 0 Å². The van der Waals surface area contributed by atoms with Crippen LogP contribution in [0.4, 0.5) is 0 Å². The predicted octanol–water partition coefficient (Wildman–Crippen LogP) is 0.143. The van der Waals surface area contributed by atoms with Crippen molar-refractivity contribution in [3.63, 3.8) is 0 Å². The van der Waals surface area contributed by atoms with Crippen LogP contribution in [0.3, 0.4) is 0 Å². The summed E-state index contributed by atoms with van der Waals surface area (Å²) >= 11 is 0. The minimum absolute atomic E-state index is 0. The molecule has 0 aliphatic rings. The van der Waals surface area contributed by atoms with Gasteiger partial charge in [-0.3, -0.25) is 0 Å². The number of nitrogens with zero attached hydrogens (tertiary/aromatic N) is 4. The molecule has 0 amide bonds. The smallest absolute Gasteiger partial charge is 0.187 e. The standard InChI is InChI=1S/2C2H3N3.Al.Cu.3H/c2*3-1-5-2-4;;;;;/h2*1-2H,(H-2,3,4,5);;;;;/q2*-2;;;;;. The van der Waals surface area contributed by atoms with Gasteiger partial charge < -0.3 is 32.3 Å². The van der Waals surface area contributed by atoms with Gasteiger partial charge in [-0.25, -0.2) is 0 Å². The molecule has 2 N–H and O–H groups in total. The van der Waals surface area contributed by atoms with Crippen molar-refractivity contribution < 1.29 is 17.1 Å². The van der Waals surface area contributed by atoms with Crippen LogP contribution >= 0.6 is 0 Å². The van der Waals surface area contributed by atoms with Crippen molar-refractivity contribution >= 4 is 42.7 Å². The first-order valence-electron chi connectivity index (χ1n) is 2.13. The molecule has 8 heteroatoms. The molecule has 0 aliphatic carbocycles. The number of hydrogen-bond donors (Lipinski definition) is 0. The van der Waals surface area contributed by atoms with Gasteiger partial charge in [0.25, 0.3) is 0 Å². The Hall–Kier alpha value is -0.668. The topological polar surface area (TPSA) is 117 Å². The fourth-order valence-electron chi connectivity index (χ4n) is 0.0667. The van der Waals surface area contributed by atoms with Crippen LogP contribution in [0.2, 0.25) is 0 Å². The Labute approximate surface area is 92.2 Å². The summed E-state index contributed by atoms with van der Waals surface area (Å²) in [6.45, 7) is 0. The normalized spacial score (nSPS) is 7.33. The number of nitrogens with one attached hydrogen (secondary N) is 2. The van der Waals surface area contributed by atoms with Crippen LogP contribution in [0.5, 0.6) is 0 Å². The van der Waals surface area contributed by atoms with Crippen molar-refractivity contribution in [3.8, 4) is 0 Å². The van der Waals surface area contributed by atoms with Gasteiger partial charge in [-0.05, 0) is 0 Å². The zero-order chi connectivity index (χ0) is 8.24. The molecule has 73 valence electrons. The van der Waals surface area contributed by atoms with Gasteiger partial charge in [0.05, 0.1) is 0 Å². The third kappa shape index (κ3) is 58.4. The Kier molecular flexibility index (Phi) is 59.3. The summed E-state index contributed by atoms with van der Waals surface area (Å²) in [6.07, 6.45) is 2.62. The molecule has 0 aromatic heterocycles. The first kappa shape index (κ1) is 22.5. The minimum Gasteiger partial charge on any atom is -0.488 e. The van der Waals surface area contributed by atoms with E-state index in [-0.39, 0.29) is 34.4 Å². The second-order valence-corrected chi connectivity index (χ2v) is 0.787. The second kappa shape index (κ2) is 31.6. The van der Waals surface area contributed by atoms with E-state index in [1.54, 1.807) is 0 Å². The monoisotopic (exact) mass is 231 g/mol. The number of hydrogen-bond acceptors (Lipinski definition) is 0. The molecule has 0 saturated heterocycles. The average molecular weight is 232 g/mol. The summed E-state index contributed by atoms with van der Waals surface area (Å²) in [5.74, 6) is 0. The van der Waals surface area contributed by atoms with E-state index < -0.39 is 0 Å². The van der Waals surface area contributed by atoms with Gasteiger partial charge >= 0.3 is 0 Å². The molecule has 0 aromatic rings. The van der Waals surface area contributed by atoms with E-state index in [2.05, 4.69) is 9.98 Å². The van der Waals surface area contributed by atoms with Gasteiger partial charge in [0.2, 0.25) is 0 Å². The second-order valence-electron chi connectivity index (χ2n) is 0.787. The van der Waals surface area contributed by atoms with Gasteiger partial charge in [-0.1, -0.05) is 0 Å². The van der Waals surface area contributed by atoms with Crippen LogP contribution in [0, 0.1) is 0 Å². The fraction of sp³-hybridized carbons (Fsp3) is 0. The van der Waals surface area contributed by atoms with Crippen LogP contribution < -0.4 is 0 Å². The Bertz CT molecular complexity index is 120. The zero-order valence-corrected chi connectivity index (χ0v) is 6.34. The van der Waals surface area contributed by atoms with Crippen molar-refractivity contribution in [2.75, 3.05) is 0 Å². The first-order valence-corrected chi connectivity index (χ1v) is 2.13. The molecule has 0 fully saturated rings. The minimum atomic E-state index is 0. The van der Waals surface area contributed by atoms with Crippen LogP contribution in [-0.2, 0) is 17.1 Å². The third-order valence-electron chi connectivity index (χ3n) is 0.282. The molecule has 0 bridgehead atoms. The Morgan fingerprint density at radius 3 is 1.17 bits per heavy atom. The molecule has 0 saturated carbocycles. The van der Waals surface area contributed by atoms with Crippen LogP contribution in [0.25, 0.3) is 22.3 Å². The summed E-state index contributed by atoms with van der Waals surface area (Å²) < 4.78 is 0. The maximum Gasteiger partial charge on any atom is 0.187 e. The van der Waals surface area contributed by atoms with E-state index in [4.69, 9.17) is 22.3 Å². The first-order chi connectivity index (χ1) is 4.83. The molecule has 0 rings (SSSR count). The van der Waals surface area contributed by atoms with E-state index >= 15 is 0 Å². The molecule has 0 unspecified atom stereocenters. The summed E-state index contributed by atoms with van der Waals surface area (Å²) in [5, 5.41) is 15.2. The van der Waals surface area contributed by atoms with Gasteiger partial charge in [0, 0.05) is 17.1 Å². The predicted molar refractivity (Wildman–Crippen MR) is 54.4 cm³/mol. The van der Waals surface area contributed by atoms with E-state index in [1.165, 1.54) is 0 Å². The molecule has 1 radical (unpaired) electrons. The molecule has 0 aliphatic heterocycles. The summed E-state index contributed by atoms with van der Waals surface area (Å²) in [6, 6.07) is 0. The summed E-state index contributed by atoms with van der Waals surface area (Å²) in [4.78, 5) is 5.89. The van der Waals surface area contributed by atoms with Crippen LogP contribution in [-0.4, -0.2) is 42.7 Å². The number of rotatable bonds is 2. The van der Waals surface area contributed by atoms with E-state index in [1.807, 2.05) is 0 Å². The van der Waals surface area contributed by atoms with Crippen molar-refractivity contribution in [1.82, 2.24) is 0 Å². The van der Waals surface area contributed by atoms with Crippen molar-refractivity contribution in [1.29, 1.82) is 0 Å². The molecule has 12 heavy (non-hydrogen) atoms. The SMILES string of the molecule is [AlH3].[Cu].[N-]=CN=C[NH-].[N-]=CN=C[NH-]. The Balaban J connectivity index is -0.0000000457. The molecular weight excluding hydrogens is 223 g/mol. The molecule has 0 spiro atoms. The Morgan fingerprint density at radius 2 is 1.17 bits per heavy atom. The van der Waals surface area contributed by atoms with E-state index in [0.29, 0.717) is 12.7 Å². The van der Waals surface area contributed by atoms with Gasteiger partial charge in [-0.2, -0.15) is 0 Å². The molecule has 0 atom stereocenters. The Morgan fingerprint density at radius 1 is 0.917 bits per heavy atom. The maximum atomic E-state index is 7.62. The van der Waals surface area contributed by atoms with Crippen LogP contribution in [0.1, 0.15) is 0 Å². The third-order valence-corrected chi connectivity index (χ3v) is 0.282. The van der Waals surface area contributed by atoms with Crippen molar-refractivity contribution in [2.24, 2.45) is 9.98 Å². The summed E-state index contributed by atoms with van der Waals surface area (Å²) in [7, 11) is 0. The fourth-order valence-corrected chi connectivity index (χ4v) is 0.0667. The quantitative estimate of drug-likeness (QED) is 0.365. The summed E-state index contributed by atoms with van der Waals surface area (Å²) in [5.41, 5.74) is 12.2. The number of aliphatic imine (C=N–C) groups is 2. The van der Waals surface area contributed by atoms with Crippen molar-refractivity contribution in [2.45, 2.75) is 0 Å². The van der Waals surface area contributed by atoms with Crippen LogP contribution in [0.15, 0.2) is 9.98 Å². The largest absolute Gasteiger partial charge is 0.488 e. The maximum absolute atomic E-state index is 7.62. The van der Waals surface area contributed by atoms with Gasteiger partial charge in [0.1, 0.15) is 0 Å². The molecular formula is C4H9AlCuN6-4. The molecule has 6 nitrogen and oxygen atoms in total. The molecule has 0 aromatic carbocycles. The van der Waals surface area contributed by atoms with Gasteiger partial charge in [-0.15, -0.1) is 25.4 Å². The zero-order valence-electron chi connectivity index (χ0n) is 5.40. The van der Waals surface area contributed by atoms with E-state index in [0.717, 1.165) is 12.7 Å². The van der Waals surface area contributed by atoms with Crippen molar-refractivity contribution in [3.05, 3.63) is 22.3 Å². The average Bonchev–Trinajstić information content (AvgIpc) is 1.93. The molecule has 0 heterocycles. The van der Waals surface area contributed by atoms with Gasteiger partial charge in [0.15, 0.2) is 17.4 Å².